The fourth-order valence-electron chi connectivity index (χ4n) is 1.96. The zero-order valence-electron chi connectivity index (χ0n) is 10.0. The summed E-state index contributed by atoms with van der Waals surface area (Å²) in [6, 6.07) is 12.3. The Kier molecular flexibility index (Phi) is 5.26. The van der Waals surface area contributed by atoms with Crippen molar-refractivity contribution in [2.24, 2.45) is 0 Å². The fourth-order valence-corrected chi connectivity index (χ4v) is 2.89. The second-order valence-electron chi connectivity index (χ2n) is 4.34. The molecule has 0 radical (unpaired) electrons. The summed E-state index contributed by atoms with van der Waals surface area (Å²) in [5, 5.41) is 2.01. The normalized spacial score (nSPS) is 12.4. The summed E-state index contributed by atoms with van der Waals surface area (Å²) in [5.41, 5.74) is 1.76. The molecule has 4 heteroatoms. The highest BCUT2D eigenvalue weighted by atomic mass is 79.9. The minimum absolute atomic E-state index is 0.185. The summed E-state index contributed by atoms with van der Waals surface area (Å²) in [4.78, 5) is 0. The molecule has 0 saturated carbocycles. The molecule has 0 aliphatic rings. The van der Waals surface area contributed by atoms with Crippen LogP contribution in [0.1, 0.15) is 17.0 Å². The van der Waals surface area contributed by atoms with Crippen molar-refractivity contribution in [3.8, 4) is 0 Å². The molecular formula is C15H12BrCl2F. The maximum absolute atomic E-state index is 13.8. The Morgan fingerprint density at radius 3 is 2.26 bits per heavy atom. The van der Waals surface area contributed by atoms with Crippen LogP contribution in [0.2, 0.25) is 10.0 Å². The Morgan fingerprint density at radius 2 is 1.63 bits per heavy atom. The van der Waals surface area contributed by atoms with Crippen molar-refractivity contribution >= 4 is 39.1 Å². The average Bonchev–Trinajstić information content (AvgIpc) is 2.41. The highest BCUT2D eigenvalue weighted by molar-refractivity contribution is 9.09. The molecule has 0 saturated heterocycles. The third-order valence-electron chi connectivity index (χ3n) is 3.00. The third-order valence-corrected chi connectivity index (χ3v) is 4.27. The lowest BCUT2D eigenvalue weighted by atomic mass is 9.93. The van der Waals surface area contributed by atoms with Gasteiger partial charge in [0.1, 0.15) is 5.82 Å². The monoisotopic (exact) mass is 360 g/mol. The van der Waals surface area contributed by atoms with Gasteiger partial charge in [-0.15, -0.1) is 0 Å². The van der Waals surface area contributed by atoms with E-state index in [4.69, 9.17) is 23.2 Å². The van der Waals surface area contributed by atoms with E-state index < -0.39 is 0 Å². The van der Waals surface area contributed by atoms with Crippen molar-refractivity contribution in [3.05, 3.63) is 69.5 Å². The third kappa shape index (κ3) is 3.95. The van der Waals surface area contributed by atoms with Crippen LogP contribution in [0, 0.1) is 5.82 Å². The summed E-state index contributed by atoms with van der Waals surface area (Å²) < 4.78 is 13.8. The van der Waals surface area contributed by atoms with Crippen molar-refractivity contribution < 1.29 is 4.39 Å². The van der Waals surface area contributed by atoms with E-state index >= 15 is 0 Å². The number of hydrogen-bond donors (Lipinski definition) is 0. The van der Waals surface area contributed by atoms with Crippen molar-refractivity contribution in [2.45, 2.75) is 12.3 Å². The largest absolute Gasteiger partial charge is 0.207 e. The van der Waals surface area contributed by atoms with Crippen LogP contribution in [-0.4, -0.2) is 5.33 Å². The molecule has 0 aliphatic heterocycles. The van der Waals surface area contributed by atoms with E-state index in [0.29, 0.717) is 22.0 Å². The predicted octanol–water partition coefficient (Wildman–Crippen LogP) is 5.85. The summed E-state index contributed by atoms with van der Waals surface area (Å²) in [7, 11) is 0. The quantitative estimate of drug-likeness (QED) is 0.599. The maximum Gasteiger partial charge on any atom is 0.126 e. The first-order chi connectivity index (χ1) is 9.10. The number of hydrogen-bond acceptors (Lipinski definition) is 0. The van der Waals surface area contributed by atoms with E-state index in [1.807, 2.05) is 24.3 Å². The zero-order valence-corrected chi connectivity index (χ0v) is 13.1. The Hall–Kier alpha value is -0.570. The van der Waals surface area contributed by atoms with Gasteiger partial charge in [-0.1, -0.05) is 51.3 Å². The molecule has 19 heavy (non-hydrogen) atoms. The highest BCUT2D eigenvalue weighted by Crippen LogP contribution is 2.26. The number of benzene rings is 2. The van der Waals surface area contributed by atoms with E-state index in [0.717, 1.165) is 10.9 Å². The molecule has 0 bridgehead atoms. The van der Waals surface area contributed by atoms with E-state index in [1.54, 1.807) is 12.1 Å². The zero-order chi connectivity index (χ0) is 13.8. The summed E-state index contributed by atoms with van der Waals surface area (Å²) in [6.45, 7) is 0. The Labute approximate surface area is 130 Å². The maximum atomic E-state index is 13.8. The van der Waals surface area contributed by atoms with E-state index in [9.17, 15) is 4.39 Å². The lowest BCUT2D eigenvalue weighted by Gasteiger charge is -2.15. The van der Waals surface area contributed by atoms with Gasteiger partial charge in [-0.05, 0) is 53.8 Å². The first kappa shape index (κ1) is 14.8. The molecule has 1 atom stereocenters. The van der Waals surface area contributed by atoms with Crippen LogP contribution < -0.4 is 0 Å². The van der Waals surface area contributed by atoms with Gasteiger partial charge in [0, 0.05) is 15.4 Å². The van der Waals surface area contributed by atoms with Gasteiger partial charge < -0.3 is 0 Å². The first-order valence-corrected chi connectivity index (χ1v) is 7.73. The molecule has 2 aromatic carbocycles. The second-order valence-corrected chi connectivity index (χ2v) is 5.86. The Bertz CT molecular complexity index is 555. The molecule has 0 nitrogen and oxygen atoms in total. The summed E-state index contributed by atoms with van der Waals surface area (Å²) in [5.74, 6) is -0.0328. The van der Waals surface area contributed by atoms with Crippen molar-refractivity contribution in [1.82, 2.24) is 0 Å². The molecular weight excluding hydrogens is 350 g/mol. The first-order valence-electron chi connectivity index (χ1n) is 5.85. The van der Waals surface area contributed by atoms with Crippen molar-refractivity contribution in [2.75, 3.05) is 5.33 Å². The van der Waals surface area contributed by atoms with Crippen LogP contribution in [0.25, 0.3) is 0 Å². The molecule has 0 heterocycles. The lowest BCUT2D eigenvalue weighted by molar-refractivity contribution is 0.599. The van der Waals surface area contributed by atoms with Crippen LogP contribution in [0.4, 0.5) is 4.39 Å². The van der Waals surface area contributed by atoms with E-state index in [-0.39, 0.29) is 11.7 Å². The van der Waals surface area contributed by atoms with Gasteiger partial charge in [0.25, 0.3) is 0 Å². The topological polar surface area (TPSA) is 0 Å². The number of halogens is 4. The highest BCUT2D eigenvalue weighted by Gasteiger charge is 2.14. The lowest BCUT2D eigenvalue weighted by Crippen LogP contribution is -2.06. The fraction of sp³-hybridized carbons (Fsp3) is 0.200. The van der Waals surface area contributed by atoms with Crippen molar-refractivity contribution in [1.29, 1.82) is 0 Å². The molecule has 0 spiro atoms. The standard InChI is InChI=1S/C15H12BrCl2F/c16-9-12(10-1-3-13(17)4-2-10)7-11-8-14(18)5-6-15(11)19/h1-6,8,12H,7,9H2. The molecule has 2 rings (SSSR count). The minimum atomic E-state index is -0.218. The Morgan fingerprint density at radius 1 is 1.00 bits per heavy atom. The van der Waals surface area contributed by atoms with Gasteiger partial charge in [-0.3, -0.25) is 0 Å². The van der Waals surface area contributed by atoms with Gasteiger partial charge in [0.15, 0.2) is 0 Å². The minimum Gasteiger partial charge on any atom is -0.207 e. The SMILES string of the molecule is Fc1ccc(Cl)cc1CC(CBr)c1ccc(Cl)cc1. The van der Waals surface area contributed by atoms with Crippen molar-refractivity contribution in [3.63, 3.8) is 0 Å². The summed E-state index contributed by atoms with van der Waals surface area (Å²) in [6.07, 6.45) is 0.597. The molecule has 0 amide bonds. The molecule has 1 unspecified atom stereocenters. The molecule has 0 fully saturated rings. The van der Waals surface area contributed by atoms with Gasteiger partial charge in [0.2, 0.25) is 0 Å². The van der Waals surface area contributed by atoms with Gasteiger partial charge in [-0.2, -0.15) is 0 Å². The molecule has 0 N–H and O–H groups in total. The molecule has 2 aromatic rings. The van der Waals surface area contributed by atoms with Gasteiger partial charge in [0.05, 0.1) is 0 Å². The molecule has 0 aliphatic carbocycles. The summed E-state index contributed by atoms with van der Waals surface area (Å²) >= 11 is 15.3. The van der Waals surface area contributed by atoms with Crippen LogP contribution >= 0.6 is 39.1 Å². The van der Waals surface area contributed by atoms with Crippen LogP contribution in [-0.2, 0) is 6.42 Å². The van der Waals surface area contributed by atoms with E-state index in [2.05, 4.69) is 15.9 Å². The molecule has 100 valence electrons. The van der Waals surface area contributed by atoms with Crippen LogP contribution in [0.3, 0.4) is 0 Å². The molecule has 0 aromatic heterocycles. The second kappa shape index (κ2) is 6.74. The predicted molar refractivity (Wildman–Crippen MR) is 83.1 cm³/mol. The van der Waals surface area contributed by atoms with Gasteiger partial charge in [-0.25, -0.2) is 4.39 Å². The van der Waals surface area contributed by atoms with Crippen LogP contribution in [0.5, 0.6) is 0 Å². The Balaban J connectivity index is 2.23. The number of alkyl halides is 1. The van der Waals surface area contributed by atoms with Crippen LogP contribution in [0.15, 0.2) is 42.5 Å². The smallest absolute Gasteiger partial charge is 0.126 e. The average molecular weight is 362 g/mol. The van der Waals surface area contributed by atoms with Gasteiger partial charge >= 0.3 is 0 Å². The number of rotatable bonds is 4. The van der Waals surface area contributed by atoms with E-state index in [1.165, 1.54) is 6.07 Å².